The van der Waals surface area contributed by atoms with Crippen LogP contribution in [0, 0.1) is 0 Å². The molecular weight excluding hydrogens is 242 g/mol. The summed E-state index contributed by atoms with van der Waals surface area (Å²) in [5, 5.41) is 18.1. The first-order valence-electron chi connectivity index (χ1n) is 4.48. The van der Waals surface area contributed by atoms with Crippen molar-refractivity contribution in [1.82, 2.24) is 0 Å². The first-order chi connectivity index (χ1) is 7.42. The molecule has 0 aromatic heterocycles. The average Bonchev–Trinajstić information content (AvgIpc) is 2.20. The van der Waals surface area contributed by atoms with E-state index in [0.29, 0.717) is 0 Å². The third-order valence-corrected chi connectivity index (χ3v) is 2.30. The minimum absolute atomic E-state index is 0.0299. The molecular formula is C10H11ClF2O3. The summed E-state index contributed by atoms with van der Waals surface area (Å²) in [5.74, 6) is -4.14. The second-order valence-electron chi connectivity index (χ2n) is 3.18. The lowest BCUT2D eigenvalue weighted by Gasteiger charge is -2.18. The number of methoxy groups -OCH3 is 1. The van der Waals surface area contributed by atoms with Crippen LogP contribution in [-0.2, 0) is 5.92 Å². The number of aromatic hydroxyl groups is 1. The molecule has 0 spiro atoms. The van der Waals surface area contributed by atoms with Gasteiger partial charge in [-0.2, -0.15) is 0 Å². The van der Waals surface area contributed by atoms with E-state index in [-0.39, 0.29) is 10.8 Å². The van der Waals surface area contributed by atoms with Crippen LogP contribution in [0.25, 0.3) is 0 Å². The highest BCUT2D eigenvalue weighted by molar-refractivity contribution is 6.30. The standard InChI is InChI=1S/C10H11ClF2O3/c1-16-8-5-6(11)4-7(9(8)15)10(12,13)2-3-14/h4-5,14-15H,2-3H2,1H3. The van der Waals surface area contributed by atoms with Crippen molar-refractivity contribution >= 4 is 11.6 Å². The van der Waals surface area contributed by atoms with E-state index in [1.165, 1.54) is 13.2 Å². The smallest absolute Gasteiger partial charge is 0.279 e. The van der Waals surface area contributed by atoms with E-state index >= 15 is 0 Å². The molecule has 0 fully saturated rings. The van der Waals surface area contributed by atoms with Gasteiger partial charge in [0.25, 0.3) is 5.92 Å². The molecule has 0 atom stereocenters. The summed E-state index contributed by atoms with van der Waals surface area (Å²) in [6.45, 7) is -0.693. The molecule has 6 heteroatoms. The minimum Gasteiger partial charge on any atom is -0.504 e. The zero-order valence-corrected chi connectivity index (χ0v) is 9.26. The molecule has 0 unspecified atom stereocenters. The van der Waals surface area contributed by atoms with Crippen molar-refractivity contribution < 1.29 is 23.7 Å². The largest absolute Gasteiger partial charge is 0.504 e. The molecule has 2 N–H and O–H groups in total. The number of ether oxygens (including phenoxy) is 1. The average molecular weight is 253 g/mol. The van der Waals surface area contributed by atoms with Crippen molar-refractivity contribution in [2.75, 3.05) is 13.7 Å². The lowest BCUT2D eigenvalue weighted by Crippen LogP contribution is -2.15. The Morgan fingerprint density at radius 1 is 1.44 bits per heavy atom. The van der Waals surface area contributed by atoms with Gasteiger partial charge in [0, 0.05) is 24.1 Å². The second-order valence-corrected chi connectivity index (χ2v) is 3.62. The van der Waals surface area contributed by atoms with Gasteiger partial charge in [-0.3, -0.25) is 0 Å². The Kier molecular flexibility index (Phi) is 3.93. The first-order valence-corrected chi connectivity index (χ1v) is 4.86. The van der Waals surface area contributed by atoms with E-state index < -0.39 is 30.3 Å². The monoisotopic (exact) mass is 252 g/mol. The molecule has 1 aromatic carbocycles. The van der Waals surface area contributed by atoms with Gasteiger partial charge in [-0.15, -0.1) is 0 Å². The second kappa shape index (κ2) is 4.84. The maximum Gasteiger partial charge on any atom is 0.279 e. The molecule has 3 nitrogen and oxygen atoms in total. The molecule has 0 saturated heterocycles. The molecule has 1 aromatic rings. The molecule has 0 amide bonds. The van der Waals surface area contributed by atoms with Gasteiger partial charge < -0.3 is 14.9 Å². The number of rotatable bonds is 4. The molecule has 0 aliphatic rings. The van der Waals surface area contributed by atoms with Gasteiger partial charge in [0.05, 0.1) is 12.7 Å². The van der Waals surface area contributed by atoms with Crippen LogP contribution in [0.4, 0.5) is 8.78 Å². The SMILES string of the molecule is COc1cc(Cl)cc(C(F)(F)CCO)c1O. The summed E-state index contributed by atoms with van der Waals surface area (Å²) in [7, 11) is 1.24. The van der Waals surface area contributed by atoms with E-state index in [1.54, 1.807) is 0 Å². The third-order valence-electron chi connectivity index (χ3n) is 2.08. The lowest BCUT2D eigenvalue weighted by molar-refractivity contribution is -0.0289. The highest BCUT2D eigenvalue weighted by Crippen LogP contribution is 2.43. The van der Waals surface area contributed by atoms with Gasteiger partial charge in [-0.1, -0.05) is 11.6 Å². The fraction of sp³-hybridized carbons (Fsp3) is 0.400. The van der Waals surface area contributed by atoms with E-state index in [0.717, 1.165) is 6.07 Å². The quantitative estimate of drug-likeness (QED) is 0.866. The van der Waals surface area contributed by atoms with E-state index in [4.69, 9.17) is 21.4 Å². The number of hydrogen-bond donors (Lipinski definition) is 2. The molecule has 0 heterocycles. The summed E-state index contributed by atoms with van der Waals surface area (Å²) in [6, 6.07) is 2.19. The Hall–Kier alpha value is -1.07. The van der Waals surface area contributed by atoms with Crippen molar-refractivity contribution in [2.24, 2.45) is 0 Å². The van der Waals surface area contributed by atoms with Crippen LogP contribution >= 0.6 is 11.6 Å². The number of hydrogen-bond acceptors (Lipinski definition) is 3. The van der Waals surface area contributed by atoms with E-state index in [9.17, 15) is 13.9 Å². The number of phenols is 1. The minimum atomic E-state index is -3.35. The van der Waals surface area contributed by atoms with Crippen LogP contribution in [0.5, 0.6) is 11.5 Å². The van der Waals surface area contributed by atoms with Crippen LogP contribution in [0.2, 0.25) is 5.02 Å². The summed E-state index contributed by atoms with van der Waals surface area (Å²) in [4.78, 5) is 0. The van der Waals surface area contributed by atoms with Crippen LogP contribution in [-0.4, -0.2) is 23.9 Å². The van der Waals surface area contributed by atoms with Crippen LogP contribution in [0.15, 0.2) is 12.1 Å². The molecule has 0 aliphatic carbocycles. The van der Waals surface area contributed by atoms with Gasteiger partial charge in [-0.05, 0) is 6.07 Å². The third kappa shape index (κ3) is 2.54. The Labute approximate surface area is 96.2 Å². The molecule has 90 valence electrons. The maximum atomic E-state index is 13.5. The van der Waals surface area contributed by atoms with E-state index in [2.05, 4.69) is 0 Å². The molecule has 1 rings (SSSR count). The summed E-state index contributed by atoms with van der Waals surface area (Å²) in [6.07, 6.45) is -0.788. The first kappa shape index (κ1) is 13.0. The number of halogens is 3. The van der Waals surface area contributed by atoms with Gasteiger partial charge in [-0.25, -0.2) is 8.78 Å². The van der Waals surface area contributed by atoms with Gasteiger partial charge in [0.2, 0.25) is 0 Å². The summed E-state index contributed by atoms with van der Waals surface area (Å²) < 4.78 is 31.7. The number of phenolic OH excluding ortho intramolecular Hbond substituents is 1. The van der Waals surface area contributed by atoms with Crippen molar-refractivity contribution in [3.63, 3.8) is 0 Å². The van der Waals surface area contributed by atoms with Crippen LogP contribution in [0.3, 0.4) is 0 Å². The molecule has 0 bridgehead atoms. The number of alkyl halides is 2. The fourth-order valence-corrected chi connectivity index (χ4v) is 1.49. The Morgan fingerprint density at radius 2 is 2.06 bits per heavy atom. The Morgan fingerprint density at radius 3 is 2.56 bits per heavy atom. The molecule has 0 aliphatic heterocycles. The Balaban J connectivity index is 3.27. The molecule has 0 radical (unpaired) electrons. The van der Waals surface area contributed by atoms with Gasteiger partial charge in [0.1, 0.15) is 0 Å². The topological polar surface area (TPSA) is 49.7 Å². The van der Waals surface area contributed by atoms with Crippen molar-refractivity contribution in [3.05, 3.63) is 22.7 Å². The van der Waals surface area contributed by atoms with Crippen molar-refractivity contribution in [1.29, 1.82) is 0 Å². The lowest BCUT2D eigenvalue weighted by atomic mass is 10.0. The number of aliphatic hydroxyl groups excluding tert-OH is 1. The van der Waals surface area contributed by atoms with Crippen molar-refractivity contribution in [2.45, 2.75) is 12.3 Å². The zero-order chi connectivity index (χ0) is 12.3. The summed E-state index contributed by atoms with van der Waals surface area (Å²) >= 11 is 5.62. The highest BCUT2D eigenvalue weighted by atomic mass is 35.5. The number of aliphatic hydroxyl groups is 1. The molecule has 16 heavy (non-hydrogen) atoms. The Bertz CT molecular complexity index is 383. The van der Waals surface area contributed by atoms with Crippen LogP contribution < -0.4 is 4.74 Å². The normalized spacial score (nSPS) is 11.6. The number of benzene rings is 1. The predicted octanol–water partition coefficient (Wildman–Crippen LogP) is 2.53. The predicted molar refractivity (Wildman–Crippen MR) is 55.3 cm³/mol. The fourth-order valence-electron chi connectivity index (χ4n) is 1.28. The van der Waals surface area contributed by atoms with Crippen LogP contribution in [0.1, 0.15) is 12.0 Å². The summed E-state index contributed by atoms with van der Waals surface area (Å²) in [5.41, 5.74) is -0.647. The molecule has 0 saturated carbocycles. The highest BCUT2D eigenvalue weighted by Gasteiger charge is 2.35. The van der Waals surface area contributed by atoms with Gasteiger partial charge in [0.15, 0.2) is 11.5 Å². The van der Waals surface area contributed by atoms with Crippen molar-refractivity contribution in [3.8, 4) is 11.5 Å². The van der Waals surface area contributed by atoms with E-state index in [1.807, 2.05) is 0 Å². The maximum absolute atomic E-state index is 13.5. The van der Waals surface area contributed by atoms with Gasteiger partial charge >= 0.3 is 0 Å². The zero-order valence-electron chi connectivity index (χ0n) is 8.51.